The molecule has 0 saturated heterocycles. The van der Waals surface area contributed by atoms with E-state index in [4.69, 9.17) is 9.84 Å². The van der Waals surface area contributed by atoms with Gasteiger partial charge in [-0.05, 0) is 25.0 Å². The van der Waals surface area contributed by atoms with Crippen molar-refractivity contribution in [2.75, 3.05) is 18.1 Å². The van der Waals surface area contributed by atoms with Crippen molar-refractivity contribution in [3.63, 3.8) is 0 Å². The lowest BCUT2D eigenvalue weighted by Gasteiger charge is -2.29. The number of rotatable bonds is 7. The number of carboxylic acid groups (broad SMARTS) is 1. The maximum atomic E-state index is 11.9. The van der Waals surface area contributed by atoms with Gasteiger partial charge in [0.15, 0.2) is 6.61 Å². The third kappa shape index (κ3) is 3.73. The Bertz CT molecular complexity index is 487. The molecule has 1 aromatic rings. The molecule has 0 spiro atoms. The molecular formula is C15H19NO4. The van der Waals surface area contributed by atoms with Gasteiger partial charge in [-0.15, -0.1) is 0 Å². The van der Waals surface area contributed by atoms with Crippen LogP contribution in [0.2, 0.25) is 0 Å². The molecule has 0 radical (unpaired) electrons. The largest absolute Gasteiger partial charge is 0.482 e. The van der Waals surface area contributed by atoms with Crippen LogP contribution in [0.5, 0.6) is 5.75 Å². The fraction of sp³-hybridized carbons (Fsp3) is 0.467. The fourth-order valence-corrected chi connectivity index (χ4v) is 2.30. The van der Waals surface area contributed by atoms with Gasteiger partial charge in [0.05, 0.1) is 5.69 Å². The van der Waals surface area contributed by atoms with Gasteiger partial charge in [0, 0.05) is 13.0 Å². The second-order valence-electron chi connectivity index (χ2n) is 4.86. The molecule has 2 rings (SSSR count). The maximum Gasteiger partial charge on any atom is 0.303 e. The summed E-state index contributed by atoms with van der Waals surface area (Å²) in [7, 11) is 0. The maximum absolute atomic E-state index is 11.9. The molecule has 1 N–H and O–H groups in total. The highest BCUT2D eigenvalue weighted by Gasteiger charge is 2.24. The first-order valence-corrected chi connectivity index (χ1v) is 6.92. The summed E-state index contributed by atoms with van der Waals surface area (Å²) in [5, 5.41) is 8.55. The summed E-state index contributed by atoms with van der Waals surface area (Å²) in [6.45, 7) is 0.752. The molecular weight excluding hydrogens is 258 g/mol. The van der Waals surface area contributed by atoms with Crippen molar-refractivity contribution in [2.24, 2.45) is 0 Å². The predicted molar refractivity (Wildman–Crippen MR) is 75.0 cm³/mol. The molecule has 5 nitrogen and oxygen atoms in total. The van der Waals surface area contributed by atoms with E-state index >= 15 is 0 Å². The van der Waals surface area contributed by atoms with E-state index in [1.54, 1.807) is 4.90 Å². The lowest BCUT2D eigenvalue weighted by atomic mass is 10.1. The van der Waals surface area contributed by atoms with Crippen LogP contribution >= 0.6 is 0 Å². The van der Waals surface area contributed by atoms with E-state index in [-0.39, 0.29) is 18.9 Å². The van der Waals surface area contributed by atoms with Crippen molar-refractivity contribution in [3.05, 3.63) is 24.3 Å². The Balaban J connectivity index is 1.80. The van der Waals surface area contributed by atoms with E-state index < -0.39 is 5.97 Å². The van der Waals surface area contributed by atoms with Crippen LogP contribution in [0.1, 0.15) is 32.1 Å². The van der Waals surface area contributed by atoms with Gasteiger partial charge >= 0.3 is 5.97 Å². The van der Waals surface area contributed by atoms with Crippen molar-refractivity contribution >= 4 is 17.6 Å². The van der Waals surface area contributed by atoms with E-state index in [0.717, 1.165) is 30.7 Å². The molecule has 0 saturated carbocycles. The normalized spacial score (nSPS) is 13.8. The Morgan fingerprint density at radius 2 is 1.95 bits per heavy atom. The highest BCUT2D eigenvalue weighted by Crippen LogP contribution is 2.31. The van der Waals surface area contributed by atoms with Crippen LogP contribution < -0.4 is 9.64 Å². The number of aliphatic carboxylic acids is 1. The van der Waals surface area contributed by atoms with Crippen LogP contribution in [0.25, 0.3) is 0 Å². The molecule has 1 aliphatic rings. The Kier molecular flexibility index (Phi) is 4.98. The lowest BCUT2D eigenvalue weighted by molar-refractivity contribution is -0.137. The van der Waals surface area contributed by atoms with Gasteiger partial charge < -0.3 is 14.7 Å². The van der Waals surface area contributed by atoms with Crippen LogP contribution in [0.15, 0.2) is 24.3 Å². The predicted octanol–water partition coefficient (Wildman–Crippen LogP) is 2.45. The number of benzene rings is 1. The summed E-state index contributed by atoms with van der Waals surface area (Å²) >= 11 is 0. The summed E-state index contributed by atoms with van der Waals surface area (Å²) in [6, 6.07) is 7.53. The first kappa shape index (κ1) is 14.4. The molecule has 5 heteroatoms. The van der Waals surface area contributed by atoms with E-state index in [9.17, 15) is 9.59 Å². The van der Waals surface area contributed by atoms with E-state index in [2.05, 4.69) is 0 Å². The van der Waals surface area contributed by atoms with Crippen LogP contribution in [-0.4, -0.2) is 30.1 Å². The average molecular weight is 277 g/mol. The summed E-state index contributed by atoms with van der Waals surface area (Å²) in [5.74, 6) is -0.0190. The fourth-order valence-electron chi connectivity index (χ4n) is 2.30. The lowest BCUT2D eigenvalue weighted by Crippen LogP contribution is -2.39. The molecule has 0 atom stereocenters. The number of ether oxygens (including phenoxy) is 1. The number of fused-ring (bicyclic) bond motifs is 1. The number of hydrogen-bond acceptors (Lipinski definition) is 3. The Morgan fingerprint density at radius 3 is 2.75 bits per heavy atom. The molecule has 1 heterocycles. The molecule has 108 valence electrons. The Morgan fingerprint density at radius 1 is 1.20 bits per heavy atom. The number of unbranched alkanes of at least 4 members (excludes halogenated alkanes) is 3. The summed E-state index contributed by atoms with van der Waals surface area (Å²) in [6.07, 6.45) is 3.61. The van der Waals surface area contributed by atoms with Crippen molar-refractivity contribution in [3.8, 4) is 5.75 Å². The Labute approximate surface area is 118 Å². The molecule has 1 aliphatic heterocycles. The van der Waals surface area contributed by atoms with Crippen molar-refractivity contribution < 1.29 is 19.4 Å². The summed E-state index contributed by atoms with van der Waals surface area (Å²) < 4.78 is 5.38. The van der Waals surface area contributed by atoms with Crippen LogP contribution in [0.4, 0.5) is 5.69 Å². The van der Waals surface area contributed by atoms with Crippen molar-refractivity contribution in [1.82, 2.24) is 0 Å². The zero-order valence-corrected chi connectivity index (χ0v) is 11.4. The third-order valence-corrected chi connectivity index (χ3v) is 3.33. The number of amides is 1. The summed E-state index contributed by atoms with van der Waals surface area (Å²) in [5.41, 5.74) is 0.828. The topological polar surface area (TPSA) is 66.8 Å². The SMILES string of the molecule is O=C(O)CCCCCCN1C(=O)COc2ccccc21. The third-order valence-electron chi connectivity index (χ3n) is 3.33. The molecule has 0 fully saturated rings. The van der Waals surface area contributed by atoms with E-state index in [1.165, 1.54) is 0 Å². The Hall–Kier alpha value is -2.04. The number of carbonyl (C=O) groups excluding carboxylic acids is 1. The van der Waals surface area contributed by atoms with Crippen LogP contribution in [0, 0.1) is 0 Å². The molecule has 1 amide bonds. The first-order valence-electron chi connectivity index (χ1n) is 6.92. The van der Waals surface area contributed by atoms with Crippen LogP contribution in [-0.2, 0) is 9.59 Å². The van der Waals surface area contributed by atoms with Gasteiger partial charge in [-0.1, -0.05) is 25.0 Å². The molecule has 0 bridgehead atoms. The van der Waals surface area contributed by atoms with E-state index in [0.29, 0.717) is 13.0 Å². The van der Waals surface area contributed by atoms with Crippen LogP contribution in [0.3, 0.4) is 0 Å². The minimum atomic E-state index is -0.748. The zero-order chi connectivity index (χ0) is 14.4. The molecule has 1 aromatic carbocycles. The smallest absolute Gasteiger partial charge is 0.303 e. The number of para-hydroxylation sites is 2. The van der Waals surface area contributed by atoms with Gasteiger partial charge in [0.25, 0.3) is 5.91 Å². The minimum Gasteiger partial charge on any atom is -0.482 e. The number of carboxylic acids is 1. The number of hydrogen-bond donors (Lipinski definition) is 1. The molecule has 0 unspecified atom stereocenters. The van der Waals surface area contributed by atoms with Crippen molar-refractivity contribution in [1.29, 1.82) is 0 Å². The number of carbonyl (C=O) groups is 2. The molecule has 0 aromatic heterocycles. The van der Waals surface area contributed by atoms with Crippen molar-refractivity contribution in [2.45, 2.75) is 32.1 Å². The second-order valence-corrected chi connectivity index (χ2v) is 4.86. The number of nitrogens with zero attached hydrogens (tertiary/aromatic N) is 1. The second kappa shape index (κ2) is 6.93. The standard InChI is InChI=1S/C15H19NO4/c17-14-11-20-13-8-5-4-7-12(13)16(14)10-6-2-1-3-9-15(18)19/h4-5,7-8H,1-3,6,9-11H2,(H,18,19). The average Bonchev–Trinajstić information content (AvgIpc) is 2.44. The molecule has 20 heavy (non-hydrogen) atoms. The van der Waals surface area contributed by atoms with Gasteiger partial charge in [0.2, 0.25) is 0 Å². The minimum absolute atomic E-state index is 0.0192. The quantitative estimate of drug-likeness (QED) is 0.777. The monoisotopic (exact) mass is 277 g/mol. The summed E-state index contributed by atoms with van der Waals surface area (Å²) in [4.78, 5) is 24.0. The van der Waals surface area contributed by atoms with E-state index in [1.807, 2.05) is 24.3 Å². The zero-order valence-electron chi connectivity index (χ0n) is 11.4. The molecule has 0 aliphatic carbocycles. The number of anilines is 1. The van der Waals surface area contributed by atoms with Gasteiger partial charge in [-0.2, -0.15) is 0 Å². The highest BCUT2D eigenvalue weighted by molar-refractivity contribution is 5.97. The first-order chi connectivity index (χ1) is 9.68. The van der Waals surface area contributed by atoms with Gasteiger partial charge in [-0.3, -0.25) is 9.59 Å². The highest BCUT2D eigenvalue weighted by atomic mass is 16.5. The van der Waals surface area contributed by atoms with Gasteiger partial charge in [0.1, 0.15) is 5.75 Å². The van der Waals surface area contributed by atoms with Gasteiger partial charge in [-0.25, -0.2) is 0 Å².